The summed E-state index contributed by atoms with van der Waals surface area (Å²) in [5.41, 5.74) is 0.602. The summed E-state index contributed by atoms with van der Waals surface area (Å²) in [6, 6.07) is 5.65. The molecule has 0 aliphatic heterocycles. The topological polar surface area (TPSA) is 60.9 Å². The predicted molar refractivity (Wildman–Crippen MR) is 74.2 cm³/mol. The van der Waals surface area contributed by atoms with E-state index < -0.39 is 5.97 Å². The first-order valence-corrected chi connectivity index (χ1v) is 6.48. The fourth-order valence-corrected chi connectivity index (χ4v) is 1.87. The van der Waals surface area contributed by atoms with Gasteiger partial charge in [-0.15, -0.1) is 0 Å². The van der Waals surface area contributed by atoms with Gasteiger partial charge in [-0.25, -0.2) is 4.39 Å². The Morgan fingerprint density at radius 1 is 1.10 bits per heavy atom. The Balaban J connectivity index is 2.76. The molecule has 0 fully saturated rings. The smallest absolute Gasteiger partial charge is 0.317 e. The molecule has 0 aliphatic rings. The van der Waals surface area contributed by atoms with Gasteiger partial charge in [0, 0.05) is 12.2 Å². The number of hydrogen-bond donors (Lipinski definition) is 1. The lowest BCUT2D eigenvalue weighted by atomic mass is 10.2. The van der Waals surface area contributed by atoms with E-state index in [4.69, 9.17) is 5.11 Å². The standard InChI is InChI=1S/C14H19FN2O3/c1-3-16(10-14(19)20)9-13(18)17(4-2)12-7-5-11(15)6-8-12/h5-8H,3-4,9-10H2,1-2H3,(H,19,20). The number of carbonyl (C=O) groups is 2. The van der Waals surface area contributed by atoms with Crippen molar-refractivity contribution in [1.82, 2.24) is 4.90 Å². The Hall–Kier alpha value is -1.95. The Bertz CT molecular complexity index is 462. The van der Waals surface area contributed by atoms with Crippen LogP contribution < -0.4 is 4.90 Å². The average molecular weight is 282 g/mol. The van der Waals surface area contributed by atoms with Crippen molar-refractivity contribution in [3.05, 3.63) is 30.1 Å². The Morgan fingerprint density at radius 3 is 2.15 bits per heavy atom. The van der Waals surface area contributed by atoms with Gasteiger partial charge in [0.2, 0.25) is 5.91 Å². The van der Waals surface area contributed by atoms with Gasteiger partial charge >= 0.3 is 5.97 Å². The zero-order valence-electron chi connectivity index (χ0n) is 11.7. The predicted octanol–water partition coefficient (Wildman–Crippen LogP) is 1.59. The molecule has 1 rings (SSSR count). The van der Waals surface area contributed by atoms with Gasteiger partial charge in [-0.05, 0) is 37.7 Å². The lowest BCUT2D eigenvalue weighted by Crippen LogP contribution is -2.42. The third-order valence-corrected chi connectivity index (χ3v) is 2.92. The van der Waals surface area contributed by atoms with Crippen molar-refractivity contribution >= 4 is 17.6 Å². The van der Waals surface area contributed by atoms with Crippen LogP contribution in [0.3, 0.4) is 0 Å². The number of carbonyl (C=O) groups excluding carboxylic acids is 1. The van der Waals surface area contributed by atoms with Crippen molar-refractivity contribution in [2.45, 2.75) is 13.8 Å². The molecule has 0 heterocycles. The van der Waals surface area contributed by atoms with Gasteiger partial charge in [-0.3, -0.25) is 14.5 Å². The lowest BCUT2D eigenvalue weighted by Gasteiger charge is -2.25. The third-order valence-electron chi connectivity index (χ3n) is 2.92. The molecule has 1 aromatic rings. The molecule has 0 bridgehead atoms. The van der Waals surface area contributed by atoms with Crippen LogP contribution in [0.2, 0.25) is 0 Å². The molecule has 0 radical (unpaired) electrons. The average Bonchev–Trinajstić information content (AvgIpc) is 2.40. The van der Waals surface area contributed by atoms with Crippen molar-refractivity contribution in [3.8, 4) is 0 Å². The number of likely N-dealkylation sites (N-methyl/N-ethyl adjacent to an activating group) is 2. The maximum absolute atomic E-state index is 12.9. The molecule has 0 unspecified atom stereocenters. The number of carboxylic acid groups (broad SMARTS) is 1. The number of aliphatic carboxylic acids is 1. The van der Waals surface area contributed by atoms with E-state index in [1.165, 1.54) is 34.1 Å². The van der Waals surface area contributed by atoms with Gasteiger partial charge < -0.3 is 10.0 Å². The number of benzene rings is 1. The zero-order chi connectivity index (χ0) is 15.1. The molecule has 5 nitrogen and oxygen atoms in total. The van der Waals surface area contributed by atoms with Crippen LogP contribution in [0.4, 0.5) is 10.1 Å². The molecule has 1 aromatic carbocycles. The van der Waals surface area contributed by atoms with Gasteiger partial charge in [0.25, 0.3) is 0 Å². The monoisotopic (exact) mass is 282 g/mol. The largest absolute Gasteiger partial charge is 0.480 e. The summed E-state index contributed by atoms with van der Waals surface area (Å²) in [5, 5.41) is 8.76. The van der Waals surface area contributed by atoms with Crippen LogP contribution in [-0.2, 0) is 9.59 Å². The second-order valence-corrected chi connectivity index (χ2v) is 4.31. The second kappa shape index (κ2) is 7.59. The maximum Gasteiger partial charge on any atom is 0.317 e. The normalized spacial score (nSPS) is 10.6. The van der Waals surface area contributed by atoms with Gasteiger partial charge in [0.15, 0.2) is 0 Å². The molecule has 0 aliphatic carbocycles. The number of rotatable bonds is 7. The molecule has 6 heteroatoms. The van der Waals surface area contributed by atoms with Crippen LogP contribution in [0.15, 0.2) is 24.3 Å². The van der Waals surface area contributed by atoms with E-state index in [0.717, 1.165) is 0 Å². The van der Waals surface area contributed by atoms with Crippen LogP contribution in [0.5, 0.6) is 0 Å². The Kier molecular flexibility index (Phi) is 6.11. The van der Waals surface area contributed by atoms with E-state index in [0.29, 0.717) is 18.8 Å². The third kappa shape index (κ3) is 4.62. The van der Waals surface area contributed by atoms with Crippen molar-refractivity contribution in [1.29, 1.82) is 0 Å². The highest BCUT2D eigenvalue weighted by Crippen LogP contribution is 2.15. The minimum atomic E-state index is -0.968. The molecule has 0 spiro atoms. The molecule has 0 saturated carbocycles. The summed E-state index contributed by atoms with van der Waals surface area (Å²) < 4.78 is 12.9. The summed E-state index contributed by atoms with van der Waals surface area (Å²) >= 11 is 0. The Labute approximate surface area is 117 Å². The fraction of sp³-hybridized carbons (Fsp3) is 0.429. The lowest BCUT2D eigenvalue weighted by molar-refractivity contribution is -0.138. The van der Waals surface area contributed by atoms with E-state index >= 15 is 0 Å². The highest BCUT2D eigenvalue weighted by Gasteiger charge is 2.18. The molecule has 20 heavy (non-hydrogen) atoms. The summed E-state index contributed by atoms with van der Waals surface area (Å²) in [6.45, 7) is 4.37. The molecule has 110 valence electrons. The van der Waals surface area contributed by atoms with Gasteiger partial charge in [0.1, 0.15) is 5.82 Å². The SMILES string of the molecule is CCN(CC(=O)O)CC(=O)N(CC)c1ccc(F)cc1. The fourth-order valence-electron chi connectivity index (χ4n) is 1.87. The summed E-state index contributed by atoms with van der Waals surface area (Å²) in [5.74, 6) is -1.54. The molecule has 1 amide bonds. The number of nitrogens with zero attached hydrogens (tertiary/aromatic N) is 2. The molecule has 1 N–H and O–H groups in total. The van der Waals surface area contributed by atoms with Gasteiger partial charge in [-0.1, -0.05) is 6.92 Å². The van der Waals surface area contributed by atoms with Crippen LogP contribution in [0.25, 0.3) is 0 Å². The molecule has 0 aromatic heterocycles. The second-order valence-electron chi connectivity index (χ2n) is 4.31. The quantitative estimate of drug-likeness (QED) is 0.825. The van der Waals surface area contributed by atoms with E-state index in [1.807, 2.05) is 6.92 Å². The van der Waals surface area contributed by atoms with Gasteiger partial charge in [0.05, 0.1) is 13.1 Å². The zero-order valence-corrected chi connectivity index (χ0v) is 11.7. The number of anilines is 1. The highest BCUT2D eigenvalue weighted by molar-refractivity contribution is 5.94. The molecule has 0 saturated heterocycles. The minimum Gasteiger partial charge on any atom is -0.480 e. The number of carboxylic acids is 1. The first kappa shape index (κ1) is 16.1. The molecular formula is C14H19FN2O3. The summed E-state index contributed by atoms with van der Waals surface area (Å²) in [4.78, 5) is 25.9. The van der Waals surface area contributed by atoms with E-state index in [9.17, 15) is 14.0 Å². The van der Waals surface area contributed by atoms with Crippen LogP contribution in [0, 0.1) is 5.82 Å². The Morgan fingerprint density at radius 2 is 1.70 bits per heavy atom. The van der Waals surface area contributed by atoms with E-state index in [2.05, 4.69) is 0 Å². The maximum atomic E-state index is 12.9. The number of halogens is 1. The molecule has 0 atom stereocenters. The van der Waals surface area contributed by atoms with Crippen LogP contribution >= 0.6 is 0 Å². The van der Waals surface area contributed by atoms with E-state index in [1.54, 1.807) is 6.92 Å². The first-order chi connectivity index (χ1) is 9.47. The van der Waals surface area contributed by atoms with Crippen LogP contribution in [0.1, 0.15) is 13.8 Å². The first-order valence-electron chi connectivity index (χ1n) is 6.48. The van der Waals surface area contributed by atoms with Crippen LogP contribution in [-0.4, -0.2) is 48.1 Å². The highest BCUT2D eigenvalue weighted by atomic mass is 19.1. The van der Waals surface area contributed by atoms with Crippen molar-refractivity contribution in [2.24, 2.45) is 0 Å². The van der Waals surface area contributed by atoms with E-state index in [-0.39, 0.29) is 24.8 Å². The van der Waals surface area contributed by atoms with Crippen molar-refractivity contribution < 1.29 is 19.1 Å². The summed E-state index contributed by atoms with van der Waals surface area (Å²) in [7, 11) is 0. The summed E-state index contributed by atoms with van der Waals surface area (Å²) in [6.07, 6.45) is 0. The van der Waals surface area contributed by atoms with Gasteiger partial charge in [-0.2, -0.15) is 0 Å². The number of hydrogen-bond acceptors (Lipinski definition) is 3. The molecular weight excluding hydrogens is 263 g/mol. The minimum absolute atomic E-state index is 0.0218. The van der Waals surface area contributed by atoms with Crippen molar-refractivity contribution in [2.75, 3.05) is 31.1 Å². The number of amides is 1. The van der Waals surface area contributed by atoms with Crippen molar-refractivity contribution in [3.63, 3.8) is 0 Å².